The number of halogens is 3. The van der Waals surface area contributed by atoms with Crippen LogP contribution in [0.5, 0.6) is 5.75 Å². The van der Waals surface area contributed by atoms with Crippen molar-refractivity contribution in [1.82, 2.24) is 0 Å². The predicted octanol–water partition coefficient (Wildman–Crippen LogP) is 3.78. The van der Waals surface area contributed by atoms with Gasteiger partial charge in [0, 0.05) is 5.56 Å². The van der Waals surface area contributed by atoms with Gasteiger partial charge < -0.3 is 10.2 Å². The van der Waals surface area contributed by atoms with Crippen molar-refractivity contribution in [3.05, 3.63) is 53.6 Å². The maximum absolute atomic E-state index is 12.5. The van der Waals surface area contributed by atoms with E-state index in [2.05, 4.69) is 0 Å². The fourth-order valence-electron chi connectivity index (χ4n) is 1.85. The molecule has 0 fully saturated rings. The van der Waals surface area contributed by atoms with Crippen LogP contribution < -0.4 is 0 Å². The largest absolute Gasteiger partial charge is 0.507 e. The Morgan fingerprint density at radius 2 is 1.60 bits per heavy atom. The molecule has 3 nitrogen and oxygen atoms in total. The number of benzene rings is 2. The van der Waals surface area contributed by atoms with Crippen molar-refractivity contribution in [2.24, 2.45) is 0 Å². The highest BCUT2D eigenvalue weighted by atomic mass is 19.4. The third kappa shape index (κ3) is 2.59. The lowest BCUT2D eigenvalue weighted by Gasteiger charge is -2.11. The van der Waals surface area contributed by atoms with Crippen LogP contribution in [0.4, 0.5) is 13.2 Å². The Bertz CT molecular complexity index is 646. The topological polar surface area (TPSA) is 57.5 Å². The van der Waals surface area contributed by atoms with Gasteiger partial charge in [0.25, 0.3) is 0 Å². The lowest BCUT2D eigenvalue weighted by Crippen LogP contribution is -2.04. The van der Waals surface area contributed by atoms with Crippen LogP contribution in [0.15, 0.2) is 42.5 Å². The molecular weight excluding hydrogens is 273 g/mol. The Hall–Kier alpha value is -2.50. The van der Waals surface area contributed by atoms with Crippen LogP contribution in [-0.4, -0.2) is 16.2 Å². The smallest absolute Gasteiger partial charge is 0.416 e. The van der Waals surface area contributed by atoms with Crippen molar-refractivity contribution in [1.29, 1.82) is 0 Å². The van der Waals surface area contributed by atoms with Gasteiger partial charge in [0.1, 0.15) is 5.75 Å². The SMILES string of the molecule is O=C(O)c1cccc(O)c1-c1ccc(C(F)(F)F)cc1. The van der Waals surface area contributed by atoms with Crippen LogP contribution in [0.2, 0.25) is 0 Å². The molecule has 0 spiro atoms. The second-order valence-electron chi connectivity index (χ2n) is 4.08. The number of aromatic carboxylic acids is 1. The van der Waals surface area contributed by atoms with Gasteiger partial charge in [-0.25, -0.2) is 4.79 Å². The molecular formula is C14H9F3O3. The molecule has 2 rings (SSSR count). The maximum Gasteiger partial charge on any atom is 0.416 e. The summed E-state index contributed by atoms with van der Waals surface area (Å²) in [5, 5.41) is 18.8. The molecule has 6 heteroatoms. The van der Waals surface area contributed by atoms with Crippen LogP contribution in [0.3, 0.4) is 0 Å². The normalized spacial score (nSPS) is 11.3. The number of carboxylic acids is 1. The number of aromatic hydroxyl groups is 1. The van der Waals surface area contributed by atoms with E-state index >= 15 is 0 Å². The zero-order valence-electron chi connectivity index (χ0n) is 9.98. The molecule has 2 aromatic carbocycles. The molecule has 0 saturated heterocycles. The van der Waals surface area contributed by atoms with Crippen LogP contribution in [-0.2, 0) is 6.18 Å². The molecule has 2 N–H and O–H groups in total. The average Bonchev–Trinajstić information content (AvgIpc) is 2.37. The first-order valence-corrected chi connectivity index (χ1v) is 5.53. The number of carbonyl (C=O) groups is 1. The first-order valence-electron chi connectivity index (χ1n) is 5.53. The van der Waals surface area contributed by atoms with Crippen molar-refractivity contribution in [3.63, 3.8) is 0 Å². The highest BCUT2D eigenvalue weighted by Gasteiger charge is 2.30. The highest BCUT2D eigenvalue weighted by Crippen LogP contribution is 2.35. The van der Waals surface area contributed by atoms with Crippen LogP contribution >= 0.6 is 0 Å². The molecule has 0 amide bonds. The van der Waals surface area contributed by atoms with Crippen molar-refractivity contribution < 1.29 is 28.2 Å². The molecule has 0 unspecified atom stereocenters. The molecule has 0 heterocycles. The number of hydrogen-bond donors (Lipinski definition) is 2. The summed E-state index contributed by atoms with van der Waals surface area (Å²) < 4.78 is 37.4. The van der Waals surface area contributed by atoms with Gasteiger partial charge in [-0.05, 0) is 29.8 Å². The molecule has 0 aromatic heterocycles. The Balaban J connectivity index is 2.55. The van der Waals surface area contributed by atoms with Crippen LogP contribution in [0.25, 0.3) is 11.1 Å². The highest BCUT2D eigenvalue weighted by molar-refractivity contribution is 5.97. The van der Waals surface area contributed by atoms with Crippen molar-refractivity contribution >= 4 is 5.97 Å². The van der Waals surface area contributed by atoms with E-state index in [1.807, 2.05) is 0 Å². The van der Waals surface area contributed by atoms with Crippen molar-refractivity contribution in [2.75, 3.05) is 0 Å². The molecule has 0 aliphatic heterocycles. The van der Waals surface area contributed by atoms with E-state index in [0.29, 0.717) is 0 Å². The maximum atomic E-state index is 12.5. The number of phenolic OH excluding ortho intramolecular Hbond substituents is 1. The third-order valence-corrected chi connectivity index (χ3v) is 2.77. The molecule has 0 atom stereocenters. The van der Waals surface area contributed by atoms with Crippen molar-refractivity contribution in [2.45, 2.75) is 6.18 Å². The van der Waals surface area contributed by atoms with Crippen LogP contribution in [0.1, 0.15) is 15.9 Å². The fraction of sp³-hybridized carbons (Fsp3) is 0.0714. The molecule has 2 aromatic rings. The summed E-state index contributed by atoms with van der Waals surface area (Å²) in [6, 6.07) is 7.84. The van der Waals surface area contributed by atoms with Crippen molar-refractivity contribution in [3.8, 4) is 16.9 Å². The van der Waals surface area contributed by atoms with Crippen LogP contribution in [0, 0.1) is 0 Å². The average molecular weight is 282 g/mol. The summed E-state index contributed by atoms with van der Waals surface area (Å²) in [5.74, 6) is -1.57. The summed E-state index contributed by atoms with van der Waals surface area (Å²) in [5.41, 5.74) is -0.819. The molecule has 20 heavy (non-hydrogen) atoms. The molecule has 0 aliphatic rings. The van der Waals surface area contributed by atoms with Gasteiger partial charge in [-0.1, -0.05) is 18.2 Å². The summed E-state index contributed by atoms with van der Waals surface area (Å²) in [6.07, 6.45) is -4.47. The fourth-order valence-corrected chi connectivity index (χ4v) is 1.85. The van der Waals surface area contributed by atoms with E-state index in [1.54, 1.807) is 0 Å². The zero-order valence-corrected chi connectivity index (χ0v) is 9.98. The molecule has 0 radical (unpaired) electrons. The Morgan fingerprint density at radius 1 is 1.00 bits per heavy atom. The van der Waals surface area contributed by atoms with E-state index in [0.717, 1.165) is 24.3 Å². The summed E-state index contributed by atoms with van der Waals surface area (Å²) in [4.78, 5) is 11.1. The summed E-state index contributed by atoms with van der Waals surface area (Å²) in [6.45, 7) is 0. The predicted molar refractivity (Wildman–Crippen MR) is 65.5 cm³/mol. The summed E-state index contributed by atoms with van der Waals surface area (Å²) >= 11 is 0. The van der Waals surface area contributed by atoms with Gasteiger partial charge in [0.15, 0.2) is 0 Å². The van der Waals surface area contributed by atoms with E-state index in [1.165, 1.54) is 18.2 Å². The van der Waals surface area contributed by atoms with Gasteiger partial charge in [-0.2, -0.15) is 13.2 Å². The minimum Gasteiger partial charge on any atom is -0.507 e. The lowest BCUT2D eigenvalue weighted by atomic mass is 9.97. The molecule has 0 aliphatic carbocycles. The lowest BCUT2D eigenvalue weighted by molar-refractivity contribution is -0.137. The first kappa shape index (κ1) is 13.9. The minimum atomic E-state index is -4.47. The second-order valence-corrected chi connectivity index (χ2v) is 4.08. The standard InChI is InChI=1S/C14H9F3O3/c15-14(16,17)9-6-4-8(5-7-9)12-10(13(19)20)2-1-3-11(12)18/h1-7,18H,(H,19,20). The van der Waals surface area contributed by atoms with Gasteiger partial charge in [0.2, 0.25) is 0 Å². The number of alkyl halides is 3. The van der Waals surface area contributed by atoms with Gasteiger partial charge in [-0.3, -0.25) is 0 Å². The van der Waals surface area contributed by atoms with Gasteiger partial charge in [-0.15, -0.1) is 0 Å². The van der Waals surface area contributed by atoms with E-state index in [4.69, 9.17) is 5.11 Å². The molecule has 0 bridgehead atoms. The van der Waals surface area contributed by atoms with Gasteiger partial charge in [0.05, 0.1) is 11.1 Å². The Kier molecular flexibility index (Phi) is 3.40. The number of rotatable bonds is 2. The number of hydrogen-bond acceptors (Lipinski definition) is 2. The van der Waals surface area contributed by atoms with E-state index in [9.17, 15) is 23.1 Å². The van der Waals surface area contributed by atoms with Gasteiger partial charge >= 0.3 is 12.1 Å². The second kappa shape index (κ2) is 4.88. The molecule has 0 saturated carbocycles. The molecule has 104 valence electrons. The number of carboxylic acid groups (broad SMARTS) is 1. The Morgan fingerprint density at radius 3 is 2.10 bits per heavy atom. The third-order valence-electron chi connectivity index (χ3n) is 2.77. The Labute approximate surface area is 111 Å². The minimum absolute atomic E-state index is 0.00581. The van der Waals surface area contributed by atoms with E-state index < -0.39 is 17.7 Å². The summed E-state index contributed by atoms with van der Waals surface area (Å²) in [7, 11) is 0. The first-order chi connectivity index (χ1) is 9.30. The quantitative estimate of drug-likeness (QED) is 0.881. The number of phenols is 1. The monoisotopic (exact) mass is 282 g/mol. The van der Waals surface area contributed by atoms with E-state index in [-0.39, 0.29) is 22.4 Å². The zero-order chi connectivity index (χ0) is 14.9.